The van der Waals surface area contributed by atoms with Gasteiger partial charge in [0.2, 0.25) is 0 Å². The summed E-state index contributed by atoms with van der Waals surface area (Å²) in [5, 5.41) is 0.592. The van der Waals surface area contributed by atoms with Crippen LogP contribution >= 0.6 is 23.4 Å². The summed E-state index contributed by atoms with van der Waals surface area (Å²) in [5.41, 5.74) is -0.0606. The molecule has 1 heterocycles. The standard InChI is InChI=1S/C15H13ClO4S/c1-3-19-14(17)13-12(21-2)8-11(20-15(13)18)9-4-6-10(16)7-5-9/h4-8H,3H2,1-2H3. The molecule has 0 saturated carbocycles. The van der Waals surface area contributed by atoms with Gasteiger partial charge in [0.05, 0.1) is 6.61 Å². The fraction of sp³-hybridized carbons (Fsp3) is 0.200. The average Bonchev–Trinajstić information content (AvgIpc) is 2.47. The minimum absolute atomic E-state index is 0.0675. The van der Waals surface area contributed by atoms with Crippen LogP contribution < -0.4 is 5.63 Å². The first kappa shape index (κ1) is 15.7. The second-order valence-electron chi connectivity index (χ2n) is 4.07. The van der Waals surface area contributed by atoms with Gasteiger partial charge in [0, 0.05) is 15.5 Å². The largest absolute Gasteiger partial charge is 0.462 e. The van der Waals surface area contributed by atoms with E-state index < -0.39 is 11.6 Å². The van der Waals surface area contributed by atoms with Gasteiger partial charge in [-0.15, -0.1) is 11.8 Å². The molecule has 4 nitrogen and oxygen atoms in total. The molecule has 0 saturated heterocycles. The number of hydrogen-bond acceptors (Lipinski definition) is 5. The van der Waals surface area contributed by atoms with E-state index in [9.17, 15) is 9.59 Å². The highest BCUT2D eigenvalue weighted by Gasteiger charge is 2.20. The summed E-state index contributed by atoms with van der Waals surface area (Å²) < 4.78 is 10.1. The Morgan fingerprint density at radius 3 is 2.57 bits per heavy atom. The van der Waals surface area contributed by atoms with Crippen LogP contribution in [0.5, 0.6) is 0 Å². The van der Waals surface area contributed by atoms with Gasteiger partial charge in [0.15, 0.2) is 5.56 Å². The molecule has 0 aliphatic heterocycles. The van der Waals surface area contributed by atoms with Crippen LogP contribution in [0.3, 0.4) is 0 Å². The van der Waals surface area contributed by atoms with Gasteiger partial charge in [-0.05, 0) is 43.5 Å². The Morgan fingerprint density at radius 1 is 1.33 bits per heavy atom. The second kappa shape index (κ2) is 6.83. The number of esters is 1. The molecule has 0 spiro atoms. The number of benzene rings is 1. The molecule has 0 radical (unpaired) electrons. The lowest BCUT2D eigenvalue weighted by molar-refractivity contribution is 0.0517. The summed E-state index contributed by atoms with van der Waals surface area (Å²) in [5.74, 6) is -0.285. The molecular formula is C15H13ClO4S. The number of ether oxygens (including phenoxy) is 1. The molecule has 0 aliphatic rings. The van der Waals surface area contributed by atoms with Gasteiger partial charge in [-0.3, -0.25) is 0 Å². The van der Waals surface area contributed by atoms with Gasteiger partial charge in [0.25, 0.3) is 0 Å². The van der Waals surface area contributed by atoms with Crippen LogP contribution in [0.1, 0.15) is 17.3 Å². The summed E-state index contributed by atoms with van der Waals surface area (Å²) in [7, 11) is 0. The van der Waals surface area contributed by atoms with Crippen molar-refractivity contribution >= 4 is 29.3 Å². The number of halogens is 1. The zero-order valence-electron chi connectivity index (χ0n) is 11.5. The van der Waals surface area contributed by atoms with E-state index in [0.29, 0.717) is 21.2 Å². The molecule has 0 fully saturated rings. The molecule has 2 rings (SSSR count). The molecule has 6 heteroatoms. The van der Waals surface area contributed by atoms with Crippen LogP contribution in [-0.2, 0) is 4.74 Å². The minimum atomic E-state index is -0.703. The van der Waals surface area contributed by atoms with Gasteiger partial charge < -0.3 is 9.15 Å². The smallest absolute Gasteiger partial charge is 0.352 e. The van der Waals surface area contributed by atoms with Crippen molar-refractivity contribution in [3.8, 4) is 11.3 Å². The number of hydrogen-bond donors (Lipinski definition) is 0. The molecular weight excluding hydrogens is 312 g/mol. The van der Waals surface area contributed by atoms with E-state index in [1.165, 1.54) is 11.8 Å². The van der Waals surface area contributed by atoms with E-state index in [2.05, 4.69) is 0 Å². The van der Waals surface area contributed by atoms with E-state index in [1.54, 1.807) is 43.5 Å². The van der Waals surface area contributed by atoms with Gasteiger partial charge in [0.1, 0.15) is 5.76 Å². The molecule has 0 aliphatic carbocycles. The summed E-state index contributed by atoms with van der Waals surface area (Å²) >= 11 is 7.12. The maximum absolute atomic E-state index is 12.1. The zero-order valence-corrected chi connectivity index (χ0v) is 13.1. The van der Waals surface area contributed by atoms with Crippen molar-refractivity contribution < 1.29 is 13.9 Å². The number of carbonyl (C=O) groups is 1. The van der Waals surface area contributed by atoms with Crippen molar-refractivity contribution in [3.63, 3.8) is 0 Å². The minimum Gasteiger partial charge on any atom is -0.462 e. The SMILES string of the molecule is CCOC(=O)c1c(SC)cc(-c2ccc(Cl)cc2)oc1=O. The Kier molecular flexibility index (Phi) is 5.09. The Bertz CT molecular complexity index is 707. The van der Waals surface area contributed by atoms with E-state index in [4.69, 9.17) is 20.8 Å². The quantitative estimate of drug-likeness (QED) is 0.631. The third kappa shape index (κ3) is 3.49. The Morgan fingerprint density at radius 2 is 2.00 bits per heavy atom. The predicted molar refractivity (Wildman–Crippen MR) is 83.2 cm³/mol. The van der Waals surface area contributed by atoms with Crippen molar-refractivity contribution in [1.82, 2.24) is 0 Å². The molecule has 2 aromatic rings. The van der Waals surface area contributed by atoms with Crippen LogP contribution in [-0.4, -0.2) is 18.8 Å². The Labute approximate surface area is 131 Å². The summed E-state index contributed by atoms with van der Waals surface area (Å²) in [6.45, 7) is 1.88. The van der Waals surface area contributed by atoms with Gasteiger partial charge in [-0.2, -0.15) is 0 Å². The fourth-order valence-electron chi connectivity index (χ4n) is 1.78. The third-order valence-electron chi connectivity index (χ3n) is 2.74. The lowest BCUT2D eigenvalue weighted by atomic mass is 10.1. The Hall–Kier alpha value is -1.72. The molecule has 0 N–H and O–H groups in total. The lowest BCUT2D eigenvalue weighted by Gasteiger charge is -2.07. The normalized spacial score (nSPS) is 10.4. The van der Waals surface area contributed by atoms with E-state index in [-0.39, 0.29) is 12.2 Å². The predicted octanol–water partition coefficient (Wildman–Crippen LogP) is 3.86. The van der Waals surface area contributed by atoms with Gasteiger partial charge in [-0.1, -0.05) is 11.6 Å². The number of carbonyl (C=O) groups excluding carboxylic acids is 1. The first-order valence-electron chi connectivity index (χ1n) is 6.22. The average molecular weight is 325 g/mol. The molecule has 110 valence electrons. The summed E-state index contributed by atoms with van der Waals surface area (Å²) in [4.78, 5) is 24.4. The first-order chi connectivity index (χ1) is 10.1. The Balaban J connectivity index is 2.53. The van der Waals surface area contributed by atoms with Crippen molar-refractivity contribution in [1.29, 1.82) is 0 Å². The van der Waals surface area contributed by atoms with Crippen molar-refractivity contribution in [2.75, 3.05) is 12.9 Å². The number of rotatable bonds is 4. The molecule has 1 aromatic heterocycles. The van der Waals surface area contributed by atoms with Crippen LogP contribution in [0.25, 0.3) is 11.3 Å². The van der Waals surface area contributed by atoms with E-state index in [1.807, 2.05) is 0 Å². The highest BCUT2D eigenvalue weighted by molar-refractivity contribution is 7.98. The number of thioether (sulfide) groups is 1. The highest BCUT2D eigenvalue weighted by atomic mass is 35.5. The summed E-state index contributed by atoms with van der Waals surface area (Å²) in [6.07, 6.45) is 1.78. The fourth-order valence-corrected chi connectivity index (χ4v) is 2.50. The lowest BCUT2D eigenvalue weighted by Crippen LogP contribution is -2.18. The van der Waals surface area contributed by atoms with Gasteiger partial charge in [-0.25, -0.2) is 9.59 Å². The van der Waals surface area contributed by atoms with Crippen LogP contribution in [0.2, 0.25) is 5.02 Å². The van der Waals surface area contributed by atoms with Crippen LogP contribution in [0, 0.1) is 0 Å². The topological polar surface area (TPSA) is 56.5 Å². The second-order valence-corrected chi connectivity index (χ2v) is 5.35. The van der Waals surface area contributed by atoms with Gasteiger partial charge >= 0.3 is 11.6 Å². The molecule has 21 heavy (non-hydrogen) atoms. The maximum atomic E-state index is 12.1. The highest BCUT2D eigenvalue weighted by Crippen LogP contribution is 2.26. The van der Waals surface area contributed by atoms with Crippen LogP contribution in [0.15, 0.2) is 44.4 Å². The zero-order chi connectivity index (χ0) is 15.4. The first-order valence-corrected chi connectivity index (χ1v) is 7.82. The molecule has 1 aromatic carbocycles. The molecule has 0 unspecified atom stereocenters. The maximum Gasteiger partial charge on any atom is 0.352 e. The van der Waals surface area contributed by atoms with Crippen molar-refractivity contribution in [2.24, 2.45) is 0 Å². The molecule has 0 amide bonds. The summed E-state index contributed by atoms with van der Waals surface area (Å²) in [6, 6.07) is 8.55. The third-order valence-corrected chi connectivity index (χ3v) is 3.76. The molecule has 0 bridgehead atoms. The van der Waals surface area contributed by atoms with Crippen molar-refractivity contribution in [2.45, 2.75) is 11.8 Å². The van der Waals surface area contributed by atoms with Crippen LogP contribution in [0.4, 0.5) is 0 Å². The van der Waals surface area contributed by atoms with Crippen molar-refractivity contribution in [3.05, 3.63) is 51.3 Å². The molecule has 0 atom stereocenters. The van der Waals surface area contributed by atoms with E-state index >= 15 is 0 Å². The van der Waals surface area contributed by atoms with E-state index in [0.717, 1.165) is 0 Å². The monoisotopic (exact) mass is 324 g/mol.